The molecule has 6 aliphatic carbocycles. The van der Waals surface area contributed by atoms with E-state index in [0.717, 1.165) is 17.8 Å². The Morgan fingerprint density at radius 2 is 0.944 bits per heavy atom. The van der Waals surface area contributed by atoms with E-state index in [1.165, 1.54) is 127 Å². The molecule has 0 aromatic heterocycles. The highest BCUT2D eigenvalue weighted by atomic mass is 15.1. The lowest BCUT2D eigenvalue weighted by atomic mass is 9.48. The van der Waals surface area contributed by atoms with Crippen LogP contribution in [-0.2, 0) is 10.8 Å². The number of rotatable bonds is 7. The van der Waals surface area contributed by atoms with Gasteiger partial charge < -0.3 is 4.90 Å². The summed E-state index contributed by atoms with van der Waals surface area (Å²) < 4.78 is 0. The Morgan fingerprint density at radius 3 is 1.56 bits per heavy atom. The quantitative estimate of drug-likeness (QED) is 0.160. The summed E-state index contributed by atoms with van der Waals surface area (Å²) in [6.07, 6.45) is 15.4. The van der Waals surface area contributed by atoms with Crippen LogP contribution in [0.15, 0.2) is 152 Å². The van der Waals surface area contributed by atoms with Gasteiger partial charge in [0.05, 0.1) is 5.41 Å². The molecule has 0 radical (unpaired) electrons. The zero-order chi connectivity index (χ0) is 35.7. The van der Waals surface area contributed by atoms with Gasteiger partial charge in [-0.1, -0.05) is 135 Å². The van der Waals surface area contributed by atoms with Gasteiger partial charge in [0.2, 0.25) is 0 Å². The number of hydrogen-bond acceptors (Lipinski definition) is 1. The van der Waals surface area contributed by atoms with Crippen molar-refractivity contribution < 1.29 is 0 Å². The fourth-order valence-corrected chi connectivity index (χ4v) is 12.8. The van der Waals surface area contributed by atoms with Crippen LogP contribution in [0.1, 0.15) is 110 Å². The zero-order valence-corrected chi connectivity index (χ0v) is 31.5. The SMILES string of the molecule is c1ccc(C2(c3ccccc3)c3ccccc3-c3ccc(N(c4ccc(C5CCCCC5)cc4)c4ccc(C56CC7CC(CC(C7)C5)C6)cc4)cc32)cc1. The highest BCUT2D eigenvalue weighted by molar-refractivity contribution is 5.89. The first-order chi connectivity index (χ1) is 26.7. The summed E-state index contributed by atoms with van der Waals surface area (Å²) in [6.45, 7) is 0. The van der Waals surface area contributed by atoms with Crippen LogP contribution in [0.5, 0.6) is 0 Å². The molecule has 6 aromatic carbocycles. The van der Waals surface area contributed by atoms with Crippen LogP contribution in [-0.4, -0.2) is 0 Å². The first-order valence-corrected chi connectivity index (χ1v) is 21.0. The molecular weight excluding hydrogens is 651 g/mol. The molecule has 0 spiro atoms. The minimum absolute atomic E-state index is 0.393. The van der Waals surface area contributed by atoms with Crippen molar-refractivity contribution in [3.05, 3.63) is 185 Å². The van der Waals surface area contributed by atoms with Crippen LogP contribution in [0, 0.1) is 17.8 Å². The van der Waals surface area contributed by atoms with E-state index in [4.69, 9.17) is 0 Å². The summed E-state index contributed by atoms with van der Waals surface area (Å²) in [7, 11) is 0. The molecule has 0 atom stereocenters. The van der Waals surface area contributed by atoms with E-state index < -0.39 is 5.41 Å². The number of nitrogens with zero attached hydrogens (tertiary/aromatic N) is 1. The van der Waals surface area contributed by atoms with Crippen molar-refractivity contribution in [1.29, 1.82) is 0 Å². The Morgan fingerprint density at radius 1 is 0.426 bits per heavy atom. The summed E-state index contributed by atoms with van der Waals surface area (Å²) in [5, 5.41) is 0. The number of hydrogen-bond donors (Lipinski definition) is 0. The second-order valence-corrected chi connectivity index (χ2v) is 17.8. The molecule has 0 heterocycles. The molecule has 4 bridgehead atoms. The summed E-state index contributed by atoms with van der Waals surface area (Å²) in [6, 6.07) is 58.5. The smallest absolute Gasteiger partial charge is 0.0714 e. The molecule has 0 amide bonds. The van der Waals surface area contributed by atoms with E-state index in [-0.39, 0.29) is 0 Å². The first-order valence-electron chi connectivity index (χ1n) is 21.0. The lowest BCUT2D eigenvalue weighted by Gasteiger charge is -2.57. The van der Waals surface area contributed by atoms with Crippen molar-refractivity contribution >= 4 is 17.1 Å². The highest BCUT2D eigenvalue weighted by Gasteiger charge is 2.51. The average molecular weight is 702 g/mol. The molecule has 1 heteroatoms. The lowest BCUT2D eigenvalue weighted by molar-refractivity contribution is -0.00518. The third-order valence-electron chi connectivity index (χ3n) is 14.7. The van der Waals surface area contributed by atoms with Gasteiger partial charge in [-0.15, -0.1) is 0 Å². The fourth-order valence-electron chi connectivity index (χ4n) is 12.8. The number of benzene rings is 6. The summed E-state index contributed by atoms with van der Waals surface area (Å²) >= 11 is 0. The van der Waals surface area contributed by atoms with Crippen LogP contribution in [0.4, 0.5) is 17.1 Å². The minimum Gasteiger partial charge on any atom is -0.310 e. The zero-order valence-electron chi connectivity index (χ0n) is 31.5. The van der Waals surface area contributed by atoms with Gasteiger partial charge in [0.15, 0.2) is 0 Å². The molecule has 6 aromatic rings. The van der Waals surface area contributed by atoms with Crippen molar-refractivity contribution in [1.82, 2.24) is 0 Å². The predicted octanol–water partition coefficient (Wildman–Crippen LogP) is 14.0. The Kier molecular flexibility index (Phi) is 7.75. The maximum absolute atomic E-state index is 2.54. The van der Waals surface area contributed by atoms with Crippen LogP contribution >= 0.6 is 0 Å². The van der Waals surface area contributed by atoms with E-state index >= 15 is 0 Å². The van der Waals surface area contributed by atoms with Crippen molar-refractivity contribution in [3.63, 3.8) is 0 Å². The molecule has 0 aliphatic heterocycles. The largest absolute Gasteiger partial charge is 0.310 e. The lowest BCUT2D eigenvalue weighted by Crippen LogP contribution is -2.48. The third kappa shape index (κ3) is 5.10. The normalized spacial score (nSPS) is 24.9. The molecule has 12 rings (SSSR count). The molecule has 6 aliphatic rings. The molecule has 5 saturated carbocycles. The topological polar surface area (TPSA) is 3.24 Å². The van der Waals surface area contributed by atoms with Crippen molar-refractivity contribution in [3.8, 4) is 11.1 Å². The Labute approximate surface area is 322 Å². The fraction of sp³-hybridized carbons (Fsp3) is 0.321. The summed E-state index contributed by atoms with van der Waals surface area (Å²) in [5.74, 6) is 3.53. The molecule has 1 nitrogen and oxygen atoms in total. The second kappa shape index (κ2) is 12.9. The maximum atomic E-state index is 2.54. The van der Waals surface area contributed by atoms with E-state index in [1.807, 2.05) is 0 Å². The monoisotopic (exact) mass is 701 g/mol. The van der Waals surface area contributed by atoms with Gasteiger partial charge in [-0.25, -0.2) is 0 Å². The van der Waals surface area contributed by atoms with Gasteiger partial charge in [0.1, 0.15) is 0 Å². The van der Waals surface area contributed by atoms with E-state index in [9.17, 15) is 0 Å². The van der Waals surface area contributed by atoms with Crippen molar-refractivity contribution in [2.45, 2.75) is 87.4 Å². The number of fused-ring (bicyclic) bond motifs is 3. The number of anilines is 3. The van der Waals surface area contributed by atoms with E-state index in [2.05, 4.69) is 157 Å². The van der Waals surface area contributed by atoms with Gasteiger partial charge >= 0.3 is 0 Å². The molecule has 54 heavy (non-hydrogen) atoms. The maximum Gasteiger partial charge on any atom is 0.0714 e. The molecular formula is C53H51N. The molecule has 0 N–H and O–H groups in total. The Bertz CT molecular complexity index is 2200. The standard InChI is InChI=1S/C53H51N/c1-4-12-40(13-5-1)41-20-24-45(25-21-41)54(46-26-22-42(23-27-46)52-34-37-30-38(35-52)32-39(31-37)36-52)47-28-29-49-48-18-10-11-19-50(48)53(51(49)33-47,43-14-6-2-7-15-43)44-16-8-3-9-17-44/h2-3,6-11,14-29,33,37-40H,1,4-5,12-13,30-32,34-36H2. The molecule has 5 fully saturated rings. The predicted molar refractivity (Wildman–Crippen MR) is 224 cm³/mol. The molecule has 0 unspecified atom stereocenters. The summed E-state index contributed by atoms with van der Waals surface area (Å²) in [5.41, 5.74) is 14.7. The van der Waals surface area contributed by atoms with Crippen LogP contribution < -0.4 is 4.90 Å². The minimum atomic E-state index is -0.427. The van der Waals surface area contributed by atoms with Gasteiger partial charge in [0, 0.05) is 17.1 Å². The first kappa shape index (κ1) is 32.5. The van der Waals surface area contributed by atoms with Crippen LogP contribution in [0.25, 0.3) is 11.1 Å². The average Bonchev–Trinajstić information content (AvgIpc) is 3.52. The molecule has 0 saturated heterocycles. The van der Waals surface area contributed by atoms with E-state index in [0.29, 0.717) is 11.3 Å². The van der Waals surface area contributed by atoms with Gasteiger partial charge in [-0.05, 0) is 161 Å². The molecule has 268 valence electrons. The van der Waals surface area contributed by atoms with Crippen LogP contribution in [0.3, 0.4) is 0 Å². The highest BCUT2D eigenvalue weighted by Crippen LogP contribution is 2.61. The van der Waals surface area contributed by atoms with Crippen molar-refractivity contribution in [2.24, 2.45) is 17.8 Å². The van der Waals surface area contributed by atoms with Gasteiger partial charge in [-0.2, -0.15) is 0 Å². The second-order valence-electron chi connectivity index (χ2n) is 17.8. The van der Waals surface area contributed by atoms with Crippen LogP contribution in [0.2, 0.25) is 0 Å². The van der Waals surface area contributed by atoms with Gasteiger partial charge in [0.25, 0.3) is 0 Å². The van der Waals surface area contributed by atoms with Crippen molar-refractivity contribution in [2.75, 3.05) is 4.90 Å². The summed E-state index contributed by atoms with van der Waals surface area (Å²) in [4.78, 5) is 2.54. The van der Waals surface area contributed by atoms with Gasteiger partial charge in [-0.3, -0.25) is 0 Å². The Hall–Kier alpha value is -4.88. The van der Waals surface area contributed by atoms with E-state index in [1.54, 1.807) is 5.56 Å². The third-order valence-corrected chi connectivity index (χ3v) is 14.7. The Balaban J connectivity index is 1.07.